The highest BCUT2D eigenvalue weighted by molar-refractivity contribution is 6.03. The van der Waals surface area contributed by atoms with Crippen molar-refractivity contribution in [2.45, 2.75) is 25.9 Å². The number of anilines is 2. The standard InChI is InChI=1S/C29H27N3/c1-22-12-16-26(17-13-22)30-21-23-14-18-27(19-15-23)32-29(25-10-6-3-7-11-25)20-28(31-32)24-8-4-2-5-9-24/h2-19,29-30H,20-21H2,1H3/t29-/m1/s1. The molecule has 0 amide bonds. The monoisotopic (exact) mass is 417 g/mol. The van der Waals surface area contributed by atoms with E-state index in [1.54, 1.807) is 0 Å². The van der Waals surface area contributed by atoms with E-state index < -0.39 is 0 Å². The van der Waals surface area contributed by atoms with Crippen molar-refractivity contribution in [1.29, 1.82) is 0 Å². The molecule has 0 saturated heterocycles. The maximum absolute atomic E-state index is 5.05. The van der Waals surface area contributed by atoms with E-state index in [1.165, 1.54) is 22.3 Å². The second-order valence-corrected chi connectivity index (χ2v) is 8.27. The molecule has 3 nitrogen and oxygen atoms in total. The summed E-state index contributed by atoms with van der Waals surface area (Å²) in [6, 6.07) is 38.6. The van der Waals surface area contributed by atoms with Gasteiger partial charge in [-0.1, -0.05) is 90.5 Å². The van der Waals surface area contributed by atoms with E-state index >= 15 is 0 Å². The van der Waals surface area contributed by atoms with Crippen molar-refractivity contribution < 1.29 is 0 Å². The average molecular weight is 418 g/mol. The minimum atomic E-state index is 0.197. The van der Waals surface area contributed by atoms with Gasteiger partial charge in [-0.2, -0.15) is 5.10 Å². The summed E-state index contributed by atoms with van der Waals surface area (Å²) in [4.78, 5) is 0. The Kier molecular flexibility index (Phi) is 5.71. The van der Waals surface area contributed by atoms with E-state index in [1.807, 2.05) is 0 Å². The summed E-state index contributed by atoms with van der Waals surface area (Å²) >= 11 is 0. The molecule has 1 atom stereocenters. The molecular formula is C29H27N3. The highest BCUT2D eigenvalue weighted by Crippen LogP contribution is 2.36. The predicted octanol–water partition coefficient (Wildman–Crippen LogP) is 6.96. The molecule has 158 valence electrons. The highest BCUT2D eigenvalue weighted by Gasteiger charge is 2.29. The largest absolute Gasteiger partial charge is 0.381 e. The van der Waals surface area contributed by atoms with Crippen molar-refractivity contribution in [2.24, 2.45) is 5.10 Å². The second-order valence-electron chi connectivity index (χ2n) is 8.27. The van der Waals surface area contributed by atoms with E-state index in [4.69, 9.17) is 5.10 Å². The van der Waals surface area contributed by atoms with Crippen LogP contribution < -0.4 is 10.3 Å². The number of hydrogen-bond acceptors (Lipinski definition) is 3. The molecule has 3 heteroatoms. The first kappa shape index (κ1) is 20.1. The SMILES string of the molecule is Cc1ccc(NCc2ccc(N3N=C(c4ccccc4)C[C@@H]3c3ccccc3)cc2)cc1. The summed E-state index contributed by atoms with van der Waals surface area (Å²) in [5, 5.41) is 10.7. The third-order valence-corrected chi connectivity index (χ3v) is 5.95. The number of hydrazone groups is 1. The molecule has 0 saturated carbocycles. The molecule has 32 heavy (non-hydrogen) atoms. The van der Waals surface area contributed by atoms with Crippen LogP contribution in [-0.4, -0.2) is 5.71 Å². The fourth-order valence-corrected chi connectivity index (χ4v) is 4.13. The quantitative estimate of drug-likeness (QED) is 0.367. The third-order valence-electron chi connectivity index (χ3n) is 5.95. The van der Waals surface area contributed by atoms with Gasteiger partial charge in [0.2, 0.25) is 0 Å². The van der Waals surface area contributed by atoms with Gasteiger partial charge in [-0.3, -0.25) is 5.01 Å². The summed E-state index contributed by atoms with van der Waals surface area (Å²) in [7, 11) is 0. The van der Waals surface area contributed by atoms with Crippen molar-refractivity contribution in [2.75, 3.05) is 10.3 Å². The van der Waals surface area contributed by atoms with E-state index in [0.717, 1.165) is 30.1 Å². The minimum Gasteiger partial charge on any atom is -0.381 e. The Balaban J connectivity index is 1.37. The normalized spacial score (nSPS) is 15.5. The lowest BCUT2D eigenvalue weighted by Gasteiger charge is -2.24. The van der Waals surface area contributed by atoms with E-state index in [2.05, 4.69) is 126 Å². The van der Waals surface area contributed by atoms with Gasteiger partial charge in [-0.05, 0) is 47.9 Å². The fraction of sp³-hybridized carbons (Fsp3) is 0.138. The van der Waals surface area contributed by atoms with Crippen LogP contribution in [-0.2, 0) is 6.54 Å². The van der Waals surface area contributed by atoms with Crippen molar-refractivity contribution in [1.82, 2.24) is 0 Å². The molecule has 1 aliphatic heterocycles. The van der Waals surface area contributed by atoms with Crippen LogP contribution in [0.4, 0.5) is 11.4 Å². The predicted molar refractivity (Wildman–Crippen MR) is 134 cm³/mol. The Morgan fingerprint density at radius 1 is 0.781 bits per heavy atom. The lowest BCUT2D eigenvalue weighted by Crippen LogP contribution is -2.18. The summed E-state index contributed by atoms with van der Waals surface area (Å²) in [5.74, 6) is 0. The van der Waals surface area contributed by atoms with Crippen LogP contribution in [0, 0.1) is 6.92 Å². The third kappa shape index (κ3) is 4.42. The molecule has 1 N–H and O–H groups in total. The molecule has 0 aliphatic carbocycles. The maximum atomic E-state index is 5.05. The Hall–Kier alpha value is -3.85. The zero-order valence-corrected chi connectivity index (χ0v) is 18.3. The topological polar surface area (TPSA) is 27.6 Å². The van der Waals surface area contributed by atoms with Gasteiger partial charge in [0.25, 0.3) is 0 Å². The molecule has 1 aliphatic rings. The maximum Gasteiger partial charge on any atom is 0.0831 e. The van der Waals surface area contributed by atoms with Gasteiger partial charge in [0.1, 0.15) is 0 Å². The molecule has 0 bridgehead atoms. The zero-order valence-electron chi connectivity index (χ0n) is 18.3. The highest BCUT2D eigenvalue weighted by atomic mass is 15.5. The Labute approximate surface area is 190 Å². The average Bonchev–Trinajstić information content (AvgIpc) is 3.31. The molecule has 0 radical (unpaired) electrons. The molecule has 4 aromatic rings. The van der Waals surface area contributed by atoms with E-state index in [0.29, 0.717) is 0 Å². The smallest absolute Gasteiger partial charge is 0.0831 e. The first-order valence-electron chi connectivity index (χ1n) is 11.1. The molecule has 0 unspecified atom stereocenters. The molecular weight excluding hydrogens is 390 g/mol. The molecule has 4 aromatic carbocycles. The van der Waals surface area contributed by atoms with Gasteiger partial charge >= 0.3 is 0 Å². The Morgan fingerprint density at radius 3 is 2.12 bits per heavy atom. The number of rotatable bonds is 6. The van der Waals surface area contributed by atoms with Gasteiger partial charge in [0, 0.05) is 18.7 Å². The lowest BCUT2D eigenvalue weighted by molar-refractivity contribution is 0.709. The van der Waals surface area contributed by atoms with Gasteiger partial charge in [0.05, 0.1) is 17.4 Å². The number of nitrogens with zero attached hydrogens (tertiary/aromatic N) is 2. The summed E-state index contributed by atoms with van der Waals surface area (Å²) < 4.78 is 0. The van der Waals surface area contributed by atoms with Crippen molar-refractivity contribution in [3.63, 3.8) is 0 Å². The van der Waals surface area contributed by atoms with Crippen LogP contribution in [0.2, 0.25) is 0 Å². The summed E-state index contributed by atoms with van der Waals surface area (Å²) in [6.45, 7) is 2.90. The zero-order chi connectivity index (χ0) is 21.8. The first-order valence-corrected chi connectivity index (χ1v) is 11.1. The lowest BCUT2D eigenvalue weighted by atomic mass is 9.98. The fourth-order valence-electron chi connectivity index (χ4n) is 4.13. The van der Waals surface area contributed by atoms with Crippen LogP contribution >= 0.6 is 0 Å². The van der Waals surface area contributed by atoms with Crippen LogP contribution in [0.15, 0.2) is 114 Å². The number of nitrogens with one attached hydrogen (secondary N) is 1. The Bertz CT molecular complexity index is 1180. The molecule has 5 rings (SSSR count). The van der Waals surface area contributed by atoms with Gasteiger partial charge in [-0.25, -0.2) is 0 Å². The van der Waals surface area contributed by atoms with E-state index in [-0.39, 0.29) is 6.04 Å². The van der Waals surface area contributed by atoms with Gasteiger partial charge in [-0.15, -0.1) is 0 Å². The molecule has 0 spiro atoms. The van der Waals surface area contributed by atoms with Crippen LogP contribution in [0.5, 0.6) is 0 Å². The Morgan fingerprint density at radius 2 is 1.44 bits per heavy atom. The van der Waals surface area contributed by atoms with E-state index in [9.17, 15) is 0 Å². The summed E-state index contributed by atoms with van der Waals surface area (Å²) in [5.41, 5.74) is 8.38. The first-order chi connectivity index (χ1) is 15.8. The minimum absolute atomic E-state index is 0.197. The number of benzene rings is 4. The van der Waals surface area contributed by atoms with Crippen LogP contribution in [0.1, 0.15) is 34.7 Å². The molecule has 0 fully saturated rings. The van der Waals surface area contributed by atoms with Crippen LogP contribution in [0.25, 0.3) is 0 Å². The van der Waals surface area contributed by atoms with Crippen molar-refractivity contribution in [3.05, 3.63) is 131 Å². The summed E-state index contributed by atoms with van der Waals surface area (Å²) in [6.07, 6.45) is 0.894. The van der Waals surface area contributed by atoms with Crippen LogP contribution in [0.3, 0.4) is 0 Å². The second kappa shape index (κ2) is 9.11. The number of aryl methyl sites for hydroxylation is 1. The van der Waals surface area contributed by atoms with Gasteiger partial charge < -0.3 is 5.32 Å². The number of hydrogen-bond donors (Lipinski definition) is 1. The molecule has 0 aromatic heterocycles. The molecule has 1 heterocycles. The van der Waals surface area contributed by atoms with Crippen molar-refractivity contribution in [3.8, 4) is 0 Å². The van der Waals surface area contributed by atoms with Gasteiger partial charge in [0.15, 0.2) is 0 Å². The van der Waals surface area contributed by atoms with Crippen molar-refractivity contribution >= 4 is 17.1 Å².